The highest BCUT2D eigenvalue weighted by Gasteiger charge is 2.42. The second-order valence-electron chi connectivity index (χ2n) is 7.82. The molecule has 3 unspecified atom stereocenters. The van der Waals surface area contributed by atoms with Crippen molar-refractivity contribution in [3.63, 3.8) is 0 Å². The molecule has 0 N–H and O–H groups in total. The monoisotopic (exact) mass is 373 g/mol. The van der Waals surface area contributed by atoms with Gasteiger partial charge in [0.25, 0.3) is 0 Å². The summed E-state index contributed by atoms with van der Waals surface area (Å²) >= 11 is 6.29. The van der Waals surface area contributed by atoms with Crippen LogP contribution in [0.3, 0.4) is 0 Å². The van der Waals surface area contributed by atoms with Crippen molar-refractivity contribution in [1.82, 2.24) is 9.88 Å². The summed E-state index contributed by atoms with van der Waals surface area (Å²) < 4.78 is 15.7. The summed E-state index contributed by atoms with van der Waals surface area (Å²) in [4.78, 5) is 8.68. The number of fused-ring (bicyclic) bond motifs is 3. The van der Waals surface area contributed by atoms with E-state index < -0.39 is 5.67 Å². The molecule has 3 heterocycles. The molecule has 3 atom stereocenters. The van der Waals surface area contributed by atoms with Gasteiger partial charge in [-0.15, -0.1) is 0 Å². The average Bonchev–Trinajstić information content (AvgIpc) is 2.76. The van der Waals surface area contributed by atoms with E-state index in [4.69, 9.17) is 11.6 Å². The highest BCUT2D eigenvalue weighted by molar-refractivity contribution is 6.30. The van der Waals surface area contributed by atoms with Crippen LogP contribution in [0.15, 0.2) is 42.7 Å². The lowest BCUT2D eigenvalue weighted by Crippen LogP contribution is -2.42. The number of hydrogen-bond donors (Lipinski definition) is 0. The molecule has 0 radical (unpaired) electrons. The normalized spacial score (nSPS) is 25.3. The number of nitrogens with zero attached hydrogens (tertiary/aromatic N) is 3. The summed E-state index contributed by atoms with van der Waals surface area (Å²) in [5.74, 6) is 0.418. The third-order valence-electron chi connectivity index (χ3n) is 5.94. The number of halogens is 2. The Bertz CT molecular complexity index is 780. The van der Waals surface area contributed by atoms with E-state index in [1.165, 1.54) is 5.56 Å². The molecule has 0 amide bonds. The fourth-order valence-corrected chi connectivity index (χ4v) is 4.71. The van der Waals surface area contributed by atoms with Crippen molar-refractivity contribution < 1.29 is 4.39 Å². The zero-order valence-corrected chi connectivity index (χ0v) is 16.1. The van der Waals surface area contributed by atoms with Crippen molar-refractivity contribution >= 4 is 17.3 Å². The molecule has 0 spiro atoms. The molecule has 26 heavy (non-hydrogen) atoms. The van der Waals surface area contributed by atoms with Crippen LogP contribution < -0.4 is 4.90 Å². The molecule has 2 aliphatic rings. The molecule has 0 bridgehead atoms. The van der Waals surface area contributed by atoms with Gasteiger partial charge in [0.05, 0.1) is 6.54 Å². The molecule has 1 aromatic carbocycles. The number of pyridine rings is 1. The molecule has 3 nitrogen and oxygen atoms in total. The quantitative estimate of drug-likeness (QED) is 0.782. The molecule has 0 aliphatic carbocycles. The first-order valence-corrected chi connectivity index (χ1v) is 9.67. The van der Waals surface area contributed by atoms with Crippen LogP contribution in [0.5, 0.6) is 0 Å². The predicted octanol–water partition coefficient (Wildman–Crippen LogP) is 4.62. The number of likely N-dealkylation sites (tertiary alicyclic amines) is 1. The first kappa shape index (κ1) is 17.7. The van der Waals surface area contributed by atoms with Gasteiger partial charge in [-0.1, -0.05) is 11.6 Å². The van der Waals surface area contributed by atoms with Gasteiger partial charge in [-0.2, -0.15) is 0 Å². The lowest BCUT2D eigenvalue weighted by molar-refractivity contribution is 0.193. The van der Waals surface area contributed by atoms with Crippen LogP contribution >= 0.6 is 11.6 Å². The highest BCUT2D eigenvalue weighted by Crippen LogP contribution is 2.47. The number of anilines is 1. The van der Waals surface area contributed by atoms with Crippen LogP contribution in [0.1, 0.15) is 36.8 Å². The summed E-state index contributed by atoms with van der Waals surface area (Å²) in [7, 11) is 2.17. The van der Waals surface area contributed by atoms with Crippen molar-refractivity contribution in [2.75, 3.05) is 31.6 Å². The molecular formula is C21H25ClFN3. The number of hydrogen-bond acceptors (Lipinski definition) is 3. The molecule has 1 saturated heterocycles. The number of aromatic nitrogens is 1. The van der Waals surface area contributed by atoms with Gasteiger partial charge in [-0.25, -0.2) is 4.39 Å². The van der Waals surface area contributed by atoms with Gasteiger partial charge in [0, 0.05) is 35.1 Å². The summed E-state index contributed by atoms with van der Waals surface area (Å²) in [6.45, 7) is 4.13. The van der Waals surface area contributed by atoms with Crippen molar-refractivity contribution in [3.8, 4) is 0 Å². The highest BCUT2D eigenvalue weighted by atomic mass is 35.5. The largest absolute Gasteiger partial charge is 0.364 e. The van der Waals surface area contributed by atoms with E-state index in [0.29, 0.717) is 24.1 Å². The Morgan fingerprint density at radius 1 is 1.19 bits per heavy atom. The molecule has 2 aromatic rings. The fraction of sp³-hybridized carbons (Fsp3) is 0.476. The maximum absolute atomic E-state index is 15.7. The Kier molecular flexibility index (Phi) is 4.66. The van der Waals surface area contributed by atoms with Crippen molar-refractivity contribution in [2.45, 2.75) is 37.4 Å². The van der Waals surface area contributed by atoms with Crippen LogP contribution in [0, 0.1) is 0 Å². The van der Waals surface area contributed by atoms with E-state index in [2.05, 4.69) is 34.0 Å². The van der Waals surface area contributed by atoms with E-state index in [1.807, 2.05) is 6.07 Å². The van der Waals surface area contributed by atoms with E-state index in [-0.39, 0.29) is 0 Å². The first-order chi connectivity index (χ1) is 12.5. The second kappa shape index (κ2) is 6.82. The molecule has 1 aromatic heterocycles. The number of alkyl halides is 1. The molecular weight excluding hydrogens is 349 g/mol. The van der Waals surface area contributed by atoms with Gasteiger partial charge in [-0.3, -0.25) is 4.98 Å². The molecule has 2 aliphatic heterocycles. The number of benzene rings is 1. The van der Waals surface area contributed by atoms with Crippen LogP contribution in [-0.2, 0) is 5.67 Å². The van der Waals surface area contributed by atoms with Gasteiger partial charge in [0.2, 0.25) is 0 Å². The molecule has 0 saturated carbocycles. The fourth-order valence-electron chi connectivity index (χ4n) is 4.53. The Morgan fingerprint density at radius 3 is 2.69 bits per heavy atom. The SMILES string of the molecule is CN1CCC2c3cc(Cl)ccc3N(CC(C)(F)c3ccncc3)C2CC1. The van der Waals surface area contributed by atoms with Crippen LogP contribution in [-0.4, -0.2) is 42.6 Å². The Morgan fingerprint density at radius 2 is 1.92 bits per heavy atom. The molecule has 138 valence electrons. The smallest absolute Gasteiger partial charge is 0.150 e. The van der Waals surface area contributed by atoms with Gasteiger partial charge >= 0.3 is 0 Å². The Labute approximate surface area is 159 Å². The Hall–Kier alpha value is -1.65. The van der Waals surface area contributed by atoms with Crippen LogP contribution in [0.4, 0.5) is 10.1 Å². The standard InChI is InChI=1S/C21H25ClFN3/c1-21(23,15-5-9-24-10-6-15)14-26-19-4-3-16(22)13-18(19)17-7-11-25(2)12-8-20(17)26/h3-6,9-10,13,17,20H,7-8,11-12,14H2,1-2H3. The minimum Gasteiger partial charge on any atom is -0.364 e. The molecule has 5 heteroatoms. The first-order valence-electron chi connectivity index (χ1n) is 9.30. The van der Waals surface area contributed by atoms with E-state index in [1.54, 1.807) is 31.5 Å². The van der Waals surface area contributed by atoms with Gasteiger partial charge in [0.15, 0.2) is 5.67 Å². The maximum Gasteiger partial charge on any atom is 0.150 e. The van der Waals surface area contributed by atoms with E-state index in [0.717, 1.165) is 36.6 Å². The van der Waals surface area contributed by atoms with Crippen molar-refractivity contribution in [3.05, 3.63) is 58.9 Å². The number of rotatable bonds is 3. The van der Waals surface area contributed by atoms with Gasteiger partial charge in [-0.05, 0) is 81.4 Å². The lowest BCUT2D eigenvalue weighted by Gasteiger charge is -2.35. The van der Waals surface area contributed by atoms with Crippen molar-refractivity contribution in [2.24, 2.45) is 0 Å². The molecule has 4 rings (SSSR count). The van der Waals surface area contributed by atoms with Crippen LogP contribution in [0.25, 0.3) is 0 Å². The lowest BCUT2D eigenvalue weighted by atomic mass is 9.90. The minimum atomic E-state index is -1.44. The third-order valence-corrected chi connectivity index (χ3v) is 6.18. The van der Waals surface area contributed by atoms with E-state index in [9.17, 15) is 0 Å². The summed E-state index contributed by atoms with van der Waals surface area (Å²) in [5.41, 5.74) is 1.67. The zero-order chi connectivity index (χ0) is 18.3. The van der Waals surface area contributed by atoms with E-state index >= 15 is 4.39 Å². The van der Waals surface area contributed by atoms with Crippen LogP contribution in [0.2, 0.25) is 5.02 Å². The topological polar surface area (TPSA) is 19.4 Å². The Balaban J connectivity index is 1.70. The average molecular weight is 374 g/mol. The summed E-state index contributed by atoms with van der Waals surface area (Å²) in [6.07, 6.45) is 5.45. The van der Waals surface area contributed by atoms with Gasteiger partial charge in [0.1, 0.15) is 0 Å². The van der Waals surface area contributed by atoms with Crippen molar-refractivity contribution in [1.29, 1.82) is 0 Å². The minimum absolute atomic E-state index is 0.324. The van der Waals surface area contributed by atoms with Gasteiger partial charge < -0.3 is 9.80 Å². The summed E-state index contributed by atoms with van der Waals surface area (Å²) in [5, 5.41) is 0.763. The third kappa shape index (κ3) is 3.21. The molecule has 1 fully saturated rings. The maximum atomic E-state index is 15.7. The summed E-state index contributed by atoms with van der Waals surface area (Å²) in [6, 6.07) is 9.95. The predicted molar refractivity (Wildman–Crippen MR) is 105 cm³/mol. The second-order valence-corrected chi connectivity index (χ2v) is 8.26. The zero-order valence-electron chi connectivity index (χ0n) is 15.3.